The van der Waals surface area contributed by atoms with E-state index < -0.39 is 0 Å². The minimum Gasteiger partial charge on any atom is -0.357 e. The average molecular weight is 211 g/mol. The lowest BCUT2D eigenvalue weighted by Gasteiger charge is -2.02. The van der Waals surface area contributed by atoms with Crippen molar-refractivity contribution >= 4 is 17.5 Å². The SMILES string of the molecule is CC(C)CSCC(=O)c1ccn(C)c1. The number of nitrogens with zero attached hydrogens (tertiary/aromatic N) is 1. The number of Topliss-reactive ketones (excluding diaryl/α,β-unsaturated/α-hetero) is 1. The molecule has 1 aromatic heterocycles. The van der Waals surface area contributed by atoms with E-state index in [1.165, 1.54) is 0 Å². The van der Waals surface area contributed by atoms with Gasteiger partial charge < -0.3 is 4.57 Å². The zero-order valence-electron chi connectivity index (χ0n) is 8.99. The van der Waals surface area contributed by atoms with Crippen LogP contribution in [0.2, 0.25) is 0 Å². The highest BCUT2D eigenvalue weighted by molar-refractivity contribution is 7.99. The number of carbonyl (C=O) groups excluding carboxylic acids is 1. The van der Waals surface area contributed by atoms with Crippen LogP contribution in [0, 0.1) is 5.92 Å². The largest absolute Gasteiger partial charge is 0.357 e. The fourth-order valence-electron chi connectivity index (χ4n) is 1.14. The molecule has 0 aliphatic rings. The van der Waals surface area contributed by atoms with Crippen LogP contribution < -0.4 is 0 Å². The van der Waals surface area contributed by atoms with Gasteiger partial charge in [0.05, 0.1) is 5.75 Å². The lowest BCUT2D eigenvalue weighted by Crippen LogP contribution is -2.03. The molecule has 0 saturated heterocycles. The summed E-state index contributed by atoms with van der Waals surface area (Å²) in [6.45, 7) is 4.33. The third-order valence-corrected chi connectivity index (χ3v) is 3.21. The van der Waals surface area contributed by atoms with E-state index in [1.54, 1.807) is 11.8 Å². The standard InChI is InChI=1S/C11H17NOS/c1-9(2)7-14-8-11(13)10-4-5-12(3)6-10/h4-6,9H,7-8H2,1-3H3. The van der Waals surface area contributed by atoms with E-state index in [0.717, 1.165) is 11.3 Å². The van der Waals surface area contributed by atoms with Gasteiger partial charge in [0.15, 0.2) is 5.78 Å². The number of aryl methyl sites for hydroxylation is 1. The molecule has 0 saturated carbocycles. The Morgan fingerprint density at radius 2 is 2.29 bits per heavy atom. The Morgan fingerprint density at radius 1 is 1.57 bits per heavy atom. The molecule has 0 radical (unpaired) electrons. The first-order valence-corrected chi connectivity index (χ1v) is 5.98. The number of ketones is 1. The lowest BCUT2D eigenvalue weighted by atomic mass is 10.2. The summed E-state index contributed by atoms with van der Waals surface area (Å²) in [7, 11) is 1.93. The van der Waals surface area contributed by atoms with Crippen molar-refractivity contribution in [2.24, 2.45) is 13.0 Å². The minimum absolute atomic E-state index is 0.233. The fourth-order valence-corrected chi connectivity index (χ4v) is 2.08. The van der Waals surface area contributed by atoms with Gasteiger partial charge in [0.25, 0.3) is 0 Å². The summed E-state index contributed by atoms with van der Waals surface area (Å²) in [4.78, 5) is 11.6. The molecule has 0 fully saturated rings. The van der Waals surface area contributed by atoms with E-state index >= 15 is 0 Å². The molecule has 3 heteroatoms. The van der Waals surface area contributed by atoms with Gasteiger partial charge in [0, 0.05) is 25.0 Å². The first-order valence-electron chi connectivity index (χ1n) is 4.82. The number of carbonyl (C=O) groups is 1. The van der Waals surface area contributed by atoms with Gasteiger partial charge in [-0.25, -0.2) is 0 Å². The Labute approximate surface area is 89.7 Å². The summed E-state index contributed by atoms with van der Waals surface area (Å²) in [5.74, 6) is 2.54. The molecule has 0 aliphatic carbocycles. The molecule has 14 heavy (non-hydrogen) atoms. The predicted octanol–water partition coefficient (Wildman–Crippen LogP) is 2.60. The quantitative estimate of drug-likeness (QED) is 0.698. The van der Waals surface area contributed by atoms with Gasteiger partial charge in [-0.2, -0.15) is 11.8 Å². The van der Waals surface area contributed by atoms with Crippen molar-refractivity contribution in [3.05, 3.63) is 24.0 Å². The van der Waals surface area contributed by atoms with E-state index in [-0.39, 0.29) is 5.78 Å². The smallest absolute Gasteiger partial charge is 0.174 e. The molecular weight excluding hydrogens is 194 g/mol. The number of hydrogen-bond acceptors (Lipinski definition) is 2. The lowest BCUT2D eigenvalue weighted by molar-refractivity contribution is 0.102. The average Bonchev–Trinajstić information content (AvgIpc) is 2.51. The Kier molecular flexibility index (Phi) is 4.26. The molecule has 1 heterocycles. The van der Waals surface area contributed by atoms with Crippen LogP contribution in [-0.4, -0.2) is 21.9 Å². The highest BCUT2D eigenvalue weighted by Gasteiger charge is 2.07. The highest BCUT2D eigenvalue weighted by Crippen LogP contribution is 2.11. The van der Waals surface area contributed by atoms with Crippen LogP contribution in [0.4, 0.5) is 0 Å². The Balaban J connectivity index is 2.36. The van der Waals surface area contributed by atoms with E-state index in [4.69, 9.17) is 0 Å². The van der Waals surface area contributed by atoms with E-state index in [2.05, 4.69) is 13.8 Å². The molecule has 0 unspecified atom stereocenters. The van der Waals surface area contributed by atoms with E-state index in [0.29, 0.717) is 11.7 Å². The summed E-state index contributed by atoms with van der Waals surface area (Å²) in [6.07, 6.45) is 3.78. The van der Waals surface area contributed by atoms with Gasteiger partial charge in [-0.3, -0.25) is 4.79 Å². The molecular formula is C11H17NOS. The molecule has 0 aliphatic heterocycles. The van der Waals surface area contributed by atoms with Crippen LogP contribution >= 0.6 is 11.8 Å². The first kappa shape index (κ1) is 11.4. The van der Waals surface area contributed by atoms with Crippen molar-refractivity contribution < 1.29 is 4.79 Å². The molecule has 0 atom stereocenters. The molecule has 0 amide bonds. The molecule has 0 spiro atoms. The zero-order valence-corrected chi connectivity index (χ0v) is 9.80. The topological polar surface area (TPSA) is 22.0 Å². The van der Waals surface area contributed by atoms with Gasteiger partial charge in [-0.15, -0.1) is 0 Å². The Hall–Kier alpha value is -0.700. The molecule has 78 valence electrons. The summed E-state index contributed by atoms with van der Waals surface area (Å²) in [6, 6.07) is 1.87. The van der Waals surface area contributed by atoms with Gasteiger partial charge >= 0.3 is 0 Å². The van der Waals surface area contributed by atoms with Gasteiger partial charge in [-0.05, 0) is 17.7 Å². The minimum atomic E-state index is 0.233. The van der Waals surface area contributed by atoms with Crippen LogP contribution in [0.5, 0.6) is 0 Å². The zero-order chi connectivity index (χ0) is 10.6. The summed E-state index contributed by atoms with van der Waals surface area (Å²) in [5, 5.41) is 0. The van der Waals surface area contributed by atoms with Gasteiger partial charge in [0.2, 0.25) is 0 Å². The molecule has 2 nitrogen and oxygen atoms in total. The predicted molar refractivity (Wildman–Crippen MR) is 61.9 cm³/mol. The third kappa shape index (κ3) is 3.58. The monoisotopic (exact) mass is 211 g/mol. The molecule has 0 bridgehead atoms. The third-order valence-electron chi connectivity index (χ3n) is 1.84. The second kappa shape index (κ2) is 5.25. The van der Waals surface area contributed by atoms with Gasteiger partial charge in [0.1, 0.15) is 0 Å². The van der Waals surface area contributed by atoms with E-state index in [9.17, 15) is 4.79 Å². The molecule has 0 aromatic carbocycles. The summed E-state index contributed by atoms with van der Waals surface area (Å²) < 4.78 is 1.90. The number of thioether (sulfide) groups is 1. The van der Waals surface area contributed by atoms with Crippen molar-refractivity contribution in [1.29, 1.82) is 0 Å². The van der Waals surface area contributed by atoms with Crippen molar-refractivity contribution in [3.8, 4) is 0 Å². The van der Waals surface area contributed by atoms with Crippen molar-refractivity contribution in [2.75, 3.05) is 11.5 Å². The van der Waals surface area contributed by atoms with Crippen molar-refractivity contribution in [3.63, 3.8) is 0 Å². The normalized spacial score (nSPS) is 10.9. The van der Waals surface area contributed by atoms with Crippen LogP contribution in [-0.2, 0) is 7.05 Å². The number of aromatic nitrogens is 1. The fraction of sp³-hybridized carbons (Fsp3) is 0.545. The van der Waals surface area contributed by atoms with E-state index in [1.807, 2.05) is 30.1 Å². The maximum absolute atomic E-state index is 11.6. The maximum Gasteiger partial charge on any atom is 0.174 e. The maximum atomic E-state index is 11.6. The Morgan fingerprint density at radius 3 is 2.79 bits per heavy atom. The molecule has 1 rings (SSSR count). The van der Waals surface area contributed by atoms with Crippen LogP contribution in [0.3, 0.4) is 0 Å². The summed E-state index contributed by atoms with van der Waals surface area (Å²) in [5.41, 5.74) is 0.823. The van der Waals surface area contributed by atoms with Gasteiger partial charge in [-0.1, -0.05) is 13.8 Å². The number of rotatable bonds is 5. The van der Waals surface area contributed by atoms with Crippen LogP contribution in [0.25, 0.3) is 0 Å². The van der Waals surface area contributed by atoms with Crippen LogP contribution in [0.15, 0.2) is 18.5 Å². The Bertz CT molecular complexity index is 304. The molecule has 1 aromatic rings. The van der Waals surface area contributed by atoms with Crippen molar-refractivity contribution in [1.82, 2.24) is 4.57 Å². The summed E-state index contributed by atoms with van der Waals surface area (Å²) >= 11 is 1.71. The first-order chi connectivity index (χ1) is 6.59. The highest BCUT2D eigenvalue weighted by atomic mass is 32.2. The van der Waals surface area contributed by atoms with Crippen LogP contribution in [0.1, 0.15) is 24.2 Å². The molecule has 0 N–H and O–H groups in total. The second-order valence-electron chi connectivity index (χ2n) is 3.90. The van der Waals surface area contributed by atoms with Crippen molar-refractivity contribution in [2.45, 2.75) is 13.8 Å². The second-order valence-corrected chi connectivity index (χ2v) is 4.93. The number of hydrogen-bond donors (Lipinski definition) is 0.